The summed E-state index contributed by atoms with van der Waals surface area (Å²) in [5.41, 5.74) is 1.94. The van der Waals surface area contributed by atoms with Gasteiger partial charge in [-0.2, -0.15) is 12.6 Å². The third kappa shape index (κ3) is 3.84. The van der Waals surface area contributed by atoms with E-state index in [0.717, 1.165) is 0 Å². The molecule has 0 aromatic rings. The summed E-state index contributed by atoms with van der Waals surface area (Å²) in [6.07, 6.45) is 0.925. The topological polar surface area (TPSA) is 84.2 Å². The normalized spacial score (nSPS) is 11.8. The van der Waals surface area contributed by atoms with E-state index in [1.807, 2.05) is 5.43 Å². The van der Waals surface area contributed by atoms with Gasteiger partial charge in [0, 0.05) is 0 Å². The molecular formula is C5H11N3O2S. The van der Waals surface area contributed by atoms with Crippen molar-refractivity contribution in [2.45, 2.75) is 12.5 Å². The van der Waals surface area contributed by atoms with Crippen LogP contribution in [0, 0.1) is 0 Å². The molecule has 0 aromatic heterocycles. The van der Waals surface area contributed by atoms with Crippen molar-refractivity contribution >= 4 is 24.9 Å². The van der Waals surface area contributed by atoms with Crippen molar-refractivity contribution in [3.63, 3.8) is 0 Å². The lowest BCUT2D eigenvalue weighted by molar-refractivity contribution is -0.125. The molecule has 0 rings (SSSR count). The van der Waals surface area contributed by atoms with Crippen LogP contribution in [0.2, 0.25) is 0 Å². The van der Waals surface area contributed by atoms with Gasteiger partial charge < -0.3 is 5.32 Å². The second-order valence-electron chi connectivity index (χ2n) is 1.86. The number of thiol groups is 1. The first-order valence-corrected chi connectivity index (χ1v) is 3.70. The van der Waals surface area contributed by atoms with Crippen molar-refractivity contribution < 1.29 is 9.59 Å². The van der Waals surface area contributed by atoms with E-state index in [0.29, 0.717) is 18.6 Å². The van der Waals surface area contributed by atoms with Gasteiger partial charge in [-0.05, 0) is 12.2 Å². The van der Waals surface area contributed by atoms with Gasteiger partial charge in [-0.15, -0.1) is 0 Å². The zero-order chi connectivity index (χ0) is 8.69. The highest BCUT2D eigenvalue weighted by Crippen LogP contribution is 1.92. The number of nitrogens with one attached hydrogen (secondary N) is 2. The number of amides is 2. The Kier molecular flexibility index (Phi) is 5.58. The highest BCUT2D eigenvalue weighted by molar-refractivity contribution is 7.80. The average molecular weight is 177 g/mol. The number of carbonyl (C=O) groups is 2. The molecular weight excluding hydrogens is 166 g/mol. The van der Waals surface area contributed by atoms with Gasteiger partial charge in [-0.1, -0.05) is 0 Å². The number of hydrogen-bond acceptors (Lipinski definition) is 4. The maximum atomic E-state index is 10.8. The molecule has 0 bridgehead atoms. The molecule has 0 aliphatic rings. The number of rotatable bonds is 5. The molecule has 2 amide bonds. The average Bonchev–Trinajstić information content (AvgIpc) is 2.03. The Morgan fingerprint density at radius 1 is 1.73 bits per heavy atom. The molecule has 0 aliphatic heterocycles. The second kappa shape index (κ2) is 5.99. The molecule has 0 heterocycles. The van der Waals surface area contributed by atoms with Gasteiger partial charge in [0.15, 0.2) is 0 Å². The molecule has 1 unspecified atom stereocenters. The molecule has 6 heteroatoms. The molecule has 0 radical (unpaired) electrons. The summed E-state index contributed by atoms with van der Waals surface area (Å²) < 4.78 is 0. The number of hydrogen-bond donors (Lipinski definition) is 4. The Bertz CT molecular complexity index is 142. The van der Waals surface area contributed by atoms with Crippen LogP contribution in [0.5, 0.6) is 0 Å². The van der Waals surface area contributed by atoms with E-state index in [1.165, 1.54) is 0 Å². The molecule has 0 saturated carbocycles. The third-order valence-corrected chi connectivity index (χ3v) is 1.40. The van der Waals surface area contributed by atoms with Crippen molar-refractivity contribution in [1.82, 2.24) is 10.7 Å². The van der Waals surface area contributed by atoms with E-state index in [-0.39, 0.29) is 0 Å². The fraction of sp³-hybridized carbons (Fsp3) is 0.600. The van der Waals surface area contributed by atoms with Crippen molar-refractivity contribution in [3.05, 3.63) is 0 Å². The second-order valence-corrected chi connectivity index (χ2v) is 2.31. The minimum atomic E-state index is -0.574. The van der Waals surface area contributed by atoms with Crippen molar-refractivity contribution in [1.29, 1.82) is 0 Å². The van der Waals surface area contributed by atoms with Crippen LogP contribution < -0.4 is 16.6 Å². The van der Waals surface area contributed by atoms with E-state index < -0.39 is 11.9 Å². The highest BCUT2D eigenvalue weighted by Gasteiger charge is 2.14. The smallest absolute Gasteiger partial charge is 0.256 e. The zero-order valence-electron chi connectivity index (χ0n) is 5.91. The van der Waals surface area contributed by atoms with Gasteiger partial charge in [0.2, 0.25) is 6.41 Å². The Hall–Kier alpha value is -0.750. The largest absolute Gasteiger partial charge is 0.347 e. The molecule has 0 saturated heterocycles. The van der Waals surface area contributed by atoms with E-state index in [1.54, 1.807) is 0 Å². The molecule has 5 nitrogen and oxygen atoms in total. The van der Waals surface area contributed by atoms with Gasteiger partial charge in [0.1, 0.15) is 6.04 Å². The fourth-order valence-electron chi connectivity index (χ4n) is 0.602. The van der Waals surface area contributed by atoms with Crippen LogP contribution in [0.4, 0.5) is 0 Å². The SMILES string of the molecule is NNC(=O)C(CCS)NC=O. The first-order valence-electron chi connectivity index (χ1n) is 3.07. The quantitative estimate of drug-likeness (QED) is 0.134. The standard InChI is InChI=1S/C5H11N3O2S/c6-8-5(10)4(1-2-11)7-3-9/h3-4,11H,1-2,6H2,(H,7,9)(H,8,10). The molecule has 4 N–H and O–H groups in total. The summed E-state index contributed by atoms with van der Waals surface area (Å²) in [6.45, 7) is 0. The Balaban J connectivity index is 3.86. The van der Waals surface area contributed by atoms with Crippen LogP contribution in [0.3, 0.4) is 0 Å². The third-order valence-electron chi connectivity index (χ3n) is 1.15. The van der Waals surface area contributed by atoms with Crippen LogP contribution in [0.15, 0.2) is 0 Å². The molecule has 1 atom stereocenters. The fourth-order valence-corrected chi connectivity index (χ4v) is 0.860. The first-order chi connectivity index (χ1) is 5.26. The van der Waals surface area contributed by atoms with Crippen LogP contribution in [-0.2, 0) is 9.59 Å². The van der Waals surface area contributed by atoms with Crippen LogP contribution in [0.25, 0.3) is 0 Å². The summed E-state index contributed by atoms with van der Waals surface area (Å²) in [5.74, 6) is 4.95. The Morgan fingerprint density at radius 3 is 2.73 bits per heavy atom. The van der Waals surface area contributed by atoms with E-state index in [9.17, 15) is 9.59 Å². The lowest BCUT2D eigenvalue weighted by Gasteiger charge is -2.11. The minimum absolute atomic E-state index is 0.411. The Labute approximate surface area is 70.1 Å². The van der Waals surface area contributed by atoms with Gasteiger partial charge in [-0.25, -0.2) is 5.84 Å². The molecule has 0 spiro atoms. The summed E-state index contributed by atoms with van der Waals surface area (Å²) in [4.78, 5) is 20.8. The molecule has 64 valence electrons. The lowest BCUT2D eigenvalue weighted by atomic mass is 10.2. The summed E-state index contributed by atoms with van der Waals surface area (Å²) in [6, 6.07) is -0.574. The van der Waals surface area contributed by atoms with E-state index in [4.69, 9.17) is 5.84 Å². The van der Waals surface area contributed by atoms with Crippen LogP contribution >= 0.6 is 12.6 Å². The first kappa shape index (κ1) is 10.2. The number of carbonyl (C=O) groups excluding carboxylic acids is 2. The van der Waals surface area contributed by atoms with Crippen molar-refractivity contribution in [2.75, 3.05) is 5.75 Å². The number of hydrazine groups is 1. The number of nitrogens with two attached hydrogens (primary N) is 1. The summed E-state index contributed by atoms with van der Waals surface area (Å²) in [7, 11) is 0. The maximum absolute atomic E-state index is 10.8. The molecule has 0 fully saturated rings. The predicted octanol–water partition coefficient (Wildman–Crippen LogP) is -1.59. The summed E-state index contributed by atoms with van der Waals surface area (Å²) in [5, 5.41) is 2.31. The lowest BCUT2D eigenvalue weighted by Crippen LogP contribution is -2.46. The predicted molar refractivity (Wildman–Crippen MR) is 43.8 cm³/mol. The molecule has 0 aromatic carbocycles. The van der Waals surface area contributed by atoms with Gasteiger partial charge in [0.05, 0.1) is 0 Å². The molecule has 11 heavy (non-hydrogen) atoms. The highest BCUT2D eigenvalue weighted by atomic mass is 32.1. The summed E-state index contributed by atoms with van der Waals surface area (Å²) >= 11 is 3.91. The van der Waals surface area contributed by atoms with Crippen LogP contribution in [-0.4, -0.2) is 24.1 Å². The van der Waals surface area contributed by atoms with Gasteiger partial charge in [-0.3, -0.25) is 15.0 Å². The van der Waals surface area contributed by atoms with Crippen LogP contribution in [0.1, 0.15) is 6.42 Å². The Morgan fingerprint density at radius 2 is 2.36 bits per heavy atom. The van der Waals surface area contributed by atoms with Gasteiger partial charge in [0.25, 0.3) is 5.91 Å². The molecule has 0 aliphatic carbocycles. The zero-order valence-corrected chi connectivity index (χ0v) is 6.80. The minimum Gasteiger partial charge on any atom is -0.347 e. The van der Waals surface area contributed by atoms with Crippen molar-refractivity contribution in [3.8, 4) is 0 Å². The van der Waals surface area contributed by atoms with E-state index >= 15 is 0 Å². The maximum Gasteiger partial charge on any atom is 0.256 e. The monoisotopic (exact) mass is 177 g/mol. The van der Waals surface area contributed by atoms with E-state index in [2.05, 4.69) is 17.9 Å². The van der Waals surface area contributed by atoms with Crippen molar-refractivity contribution in [2.24, 2.45) is 5.84 Å². The van der Waals surface area contributed by atoms with Gasteiger partial charge >= 0.3 is 0 Å².